The van der Waals surface area contributed by atoms with Gasteiger partial charge < -0.3 is 19.7 Å². The number of hydrogen-bond acceptors (Lipinski definition) is 4. The Balaban J connectivity index is 1.55. The van der Waals surface area contributed by atoms with Crippen molar-refractivity contribution in [3.63, 3.8) is 0 Å². The van der Waals surface area contributed by atoms with Crippen molar-refractivity contribution in [1.82, 2.24) is 5.32 Å². The summed E-state index contributed by atoms with van der Waals surface area (Å²) in [5.41, 5.74) is 1.72. The third-order valence-corrected chi connectivity index (χ3v) is 4.47. The van der Waals surface area contributed by atoms with Gasteiger partial charge in [-0.3, -0.25) is 9.59 Å². The van der Waals surface area contributed by atoms with Crippen LogP contribution in [0.1, 0.15) is 18.9 Å². The number of hydrogen-bond donors (Lipinski definition) is 1. The number of nitrogens with zero attached hydrogens (tertiary/aromatic N) is 1. The standard InChI is InChI=1S/C21H24N2O4/c1-3-27-19-10-6-17(7-11-19)23-14-16(13-21(23)25)22-20(24)12-15-4-8-18(26-2)9-5-15/h4-11,16H,3,12-14H2,1-2H3,(H,22,24). The zero-order valence-electron chi connectivity index (χ0n) is 15.6. The maximum Gasteiger partial charge on any atom is 0.229 e. The zero-order valence-corrected chi connectivity index (χ0v) is 15.6. The van der Waals surface area contributed by atoms with Gasteiger partial charge in [-0.2, -0.15) is 0 Å². The minimum absolute atomic E-state index is 0.00825. The van der Waals surface area contributed by atoms with Gasteiger partial charge in [-0.1, -0.05) is 12.1 Å². The molecule has 0 bridgehead atoms. The first-order valence-electron chi connectivity index (χ1n) is 9.04. The van der Waals surface area contributed by atoms with Gasteiger partial charge in [0.2, 0.25) is 11.8 Å². The molecule has 1 heterocycles. The number of ether oxygens (including phenoxy) is 2. The lowest BCUT2D eigenvalue weighted by atomic mass is 10.1. The SMILES string of the molecule is CCOc1ccc(N2CC(NC(=O)Cc3ccc(OC)cc3)CC2=O)cc1. The number of nitrogens with one attached hydrogen (secondary N) is 1. The lowest BCUT2D eigenvalue weighted by molar-refractivity contribution is -0.121. The predicted octanol–water partition coefficient (Wildman–Crippen LogP) is 2.56. The van der Waals surface area contributed by atoms with Gasteiger partial charge in [0.25, 0.3) is 0 Å². The van der Waals surface area contributed by atoms with Crippen molar-refractivity contribution in [2.45, 2.75) is 25.8 Å². The Morgan fingerprint density at radius 2 is 1.78 bits per heavy atom. The molecule has 142 valence electrons. The third kappa shape index (κ3) is 4.78. The summed E-state index contributed by atoms with van der Waals surface area (Å²) >= 11 is 0. The van der Waals surface area contributed by atoms with Crippen LogP contribution in [0.15, 0.2) is 48.5 Å². The first-order chi connectivity index (χ1) is 13.1. The summed E-state index contributed by atoms with van der Waals surface area (Å²) in [5.74, 6) is 1.45. The molecule has 1 atom stereocenters. The first kappa shape index (κ1) is 18.8. The molecule has 0 saturated carbocycles. The number of benzene rings is 2. The Labute approximate surface area is 159 Å². The molecule has 6 heteroatoms. The molecule has 0 aromatic heterocycles. The summed E-state index contributed by atoms with van der Waals surface area (Å²) in [6.45, 7) is 3.00. The van der Waals surface area contributed by atoms with Crippen molar-refractivity contribution >= 4 is 17.5 Å². The van der Waals surface area contributed by atoms with Crippen LogP contribution in [0.2, 0.25) is 0 Å². The normalized spacial score (nSPS) is 16.3. The average Bonchev–Trinajstić information content (AvgIpc) is 3.03. The molecule has 0 aliphatic carbocycles. The number of methoxy groups -OCH3 is 1. The summed E-state index contributed by atoms with van der Waals surface area (Å²) in [7, 11) is 1.61. The summed E-state index contributed by atoms with van der Waals surface area (Å²) in [5, 5.41) is 2.96. The van der Waals surface area contributed by atoms with E-state index in [4.69, 9.17) is 9.47 Å². The van der Waals surface area contributed by atoms with E-state index in [2.05, 4.69) is 5.32 Å². The van der Waals surface area contributed by atoms with Crippen molar-refractivity contribution in [3.8, 4) is 11.5 Å². The van der Waals surface area contributed by atoms with Crippen molar-refractivity contribution in [2.24, 2.45) is 0 Å². The Hall–Kier alpha value is -3.02. The molecular formula is C21H24N2O4. The summed E-state index contributed by atoms with van der Waals surface area (Å²) < 4.78 is 10.5. The molecule has 2 amide bonds. The highest BCUT2D eigenvalue weighted by Gasteiger charge is 2.31. The number of anilines is 1. The summed E-state index contributed by atoms with van der Waals surface area (Å²) in [6.07, 6.45) is 0.583. The quantitative estimate of drug-likeness (QED) is 0.816. The van der Waals surface area contributed by atoms with Crippen molar-refractivity contribution in [3.05, 3.63) is 54.1 Å². The van der Waals surface area contributed by atoms with Crippen molar-refractivity contribution in [1.29, 1.82) is 0 Å². The second kappa shape index (κ2) is 8.58. The Bertz CT molecular complexity index is 787. The second-order valence-electron chi connectivity index (χ2n) is 6.42. The predicted molar refractivity (Wildman–Crippen MR) is 103 cm³/mol. The zero-order chi connectivity index (χ0) is 19.2. The van der Waals surface area contributed by atoms with Crippen LogP contribution in [0.4, 0.5) is 5.69 Å². The van der Waals surface area contributed by atoms with E-state index in [1.165, 1.54) is 0 Å². The number of rotatable bonds is 7. The van der Waals surface area contributed by atoms with Gasteiger partial charge >= 0.3 is 0 Å². The monoisotopic (exact) mass is 368 g/mol. The van der Waals surface area contributed by atoms with E-state index >= 15 is 0 Å². The molecule has 1 saturated heterocycles. The highest BCUT2D eigenvalue weighted by atomic mass is 16.5. The van der Waals surface area contributed by atoms with E-state index in [0.717, 1.165) is 22.7 Å². The minimum Gasteiger partial charge on any atom is -0.497 e. The summed E-state index contributed by atoms with van der Waals surface area (Å²) in [4.78, 5) is 26.3. The maximum atomic E-state index is 12.3. The van der Waals surface area contributed by atoms with Crippen LogP contribution in [0.3, 0.4) is 0 Å². The van der Waals surface area contributed by atoms with Crippen LogP contribution in [-0.2, 0) is 16.0 Å². The molecule has 0 radical (unpaired) electrons. The fourth-order valence-corrected chi connectivity index (χ4v) is 3.15. The van der Waals surface area contributed by atoms with Gasteiger partial charge in [-0.15, -0.1) is 0 Å². The number of carbonyl (C=O) groups excluding carboxylic acids is 2. The molecule has 2 aromatic rings. The molecule has 1 aliphatic heterocycles. The van der Waals surface area contributed by atoms with Crippen LogP contribution < -0.4 is 19.7 Å². The van der Waals surface area contributed by atoms with Crippen LogP contribution in [-0.4, -0.2) is 38.1 Å². The highest BCUT2D eigenvalue weighted by molar-refractivity contribution is 5.97. The van der Waals surface area contributed by atoms with Gasteiger partial charge in [0.15, 0.2) is 0 Å². The van der Waals surface area contributed by atoms with E-state index in [1.807, 2.05) is 55.5 Å². The van der Waals surface area contributed by atoms with Gasteiger partial charge in [-0.25, -0.2) is 0 Å². The third-order valence-electron chi connectivity index (χ3n) is 4.47. The molecule has 1 fully saturated rings. The maximum absolute atomic E-state index is 12.3. The molecule has 1 unspecified atom stereocenters. The number of carbonyl (C=O) groups is 2. The Morgan fingerprint density at radius 1 is 1.11 bits per heavy atom. The molecule has 27 heavy (non-hydrogen) atoms. The molecular weight excluding hydrogens is 344 g/mol. The topological polar surface area (TPSA) is 67.9 Å². The van der Waals surface area contributed by atoms with Gasteiger partial charge in [-0.05, 0) is 48.9 Å². The summed E-state index contributed by atoms with van der Waals surface area (Å²) in [6, 6.07) is 14.6. The van der Waals surface area contributed by atoms with Crippen molar-refractivity contribution in [2.75, 3.05) is 25.2 Å². The van der Waals surface area contributed by atoms with E-state index in [9.17, 15) is 9.59 Å². The Morgan fingerprint density at radius 3 is 2.41 bits per heavy atom. The Kier molecular flexibility index (Phi) is 5.96. The fraction of sp³-hybridized carbons (Fsp3) is 0.333. The van der Waals surface area contributed by atoms with Crippen LogP contribution >= 0.6 is 0 Å². The largest absolute Gasteiger partial charge is 0.497 e. The molecule has 0 spiro atoms. The van der Waals surface area contributed by atoms with E-state index in [0.29, 0.717) is 19.6 Å². The van der Waals surface area contributed by atoms with E-state index in [1.54, 1.807) is 12.0 Å². The molecule has 6 nitrogen and oxygen atoms in total. The molecule has 1 aliphatic rings. The van der Waals surface area contributed by atoms with Gasteiger partial charge in [0.05, 0.1) is 26.2 Å². The second-order valence-corrected chi connectivity index (χ2v) is 6.42. The van der Waals surface area contributed by atoms with E-state index < -0.39 is 0 Å². The molecule has 1 N–H and O–H groups in total. The van der Waals surface area contributed by atoms with Crippen LogP contribution in [0, 0.1) is 0 Å². The number of amides is 2. The van der Waals surface area contributed by atoms with Gasteiger partial charge in [0, 0.05) is 18.7 Å². The lowest BCUT2D eigenvalue weighted by Gasteiger charge is -2.18. The van der Waals surface area contributed by atoms with Crippen molar-refractivity contribution < 1.29 is 19.1 Å². The molecule has 2 aromatic carbocycles. The highest BCUT2D eigenvalue weighted by Crippen LogP contribution is 2.24. The van der Waals surface area contributed by atoms with Crippen LogP contribution in [0.5, 0.6) is 11.5 Å². The van der Waals surface area contributed by atoms with Gasteiger partial charge in [0.1, 0.15) is 11.5 Å². The smallest absolute Gasteiger partial charge is 0.229 e. The fourth-order valence-electron chi connectivity index (χ4n) is 3.15. The van der Waals surface area contributed by atoms with E-state index in [-0.39, 0.29) is 24.3 Å². The van der Waals surface area contributed by atoms with Crippen LogP contribution in [0.25, 0.3) is 0 Å². The average molecular weight is 368 g/mol. The lowest BCUT2D eigenvalue weighted by Crippen LogP contribution is -2.38. The minimum atomic E-state index is -0.185. The molecule has 3 rings (SSSR count). The first-order valence-corrected chi connectivity index (χ1v) is 9.04.